The van der Waals surface area contributed by atoms with Crippen LogP contribution >= 0.6 is 0 Å². The Balaban J connectivity index is 3.07. The van der Waals surface area contributed by atoms with Gasteiger partial charge in [0.25, 0.3) is 0 Å². The molecule has 0 saturated carbocycles. The van der Waals surface area contributed by atoms with Gasteiger partial charge in [0.05, 0.1) is 6.61 Å². The van der Waals surface area contributed by atoms with Crippen LogP contribution in [0.4, 0.5) is 0 Å². The zero-order valence-electron chi connectivity index (χ0n) is 15.5. The number of unbranched alkanes of at least 4 members (excludes halogenated alkanes) is 12. The molecule has 0 atom stereocenters. The molecule has 0 unspecified atom stereocenters. The van der Waals surface area contributed by atoms with Crippen LogP contribution in [0.1, 0.15) is 111 Å². The third kappa shape index (κ3) is 17.5. The molecule has 132 valence electrons. The highest BCUT2D eigenvalue weighted by Crippen LogP contribution is 2.12. The van der Waals surface area contributed by atoms with Crippen molar-refractivity contribution in [3.05, 3.63) is 0 Å². The SMILES string of the molecule is CCCCCCCCCCCCCCCOC(=O)CC(C)C. The highest BCUT2D eigenvalue weighted by atomic mass is 16.5. The van der Waals surface area contributed by atoms with Crippen molar-refractivity contribution >= 4 is 5.97 Å². The quantitative estimate of drug-likeness (QED) is 0.235. The van der Waals surface area contributed by atoms with E-state index in [1.165, 1.54) is 77.0 Å². The highest BCUT2D eigenvalue weighted by Gasteiger charge is 2.05. The number of carbonyl (C=O) groups is 1. The molecule has 0 heterocycles. The van der Waals surface area contributed by atoms with Crippen LogP contribution in [-0.4, -0.2) is 12.6 Å². The Bertz CT molecular complexity index is 236. The van der Waals surface area contributed by atoms with Gasteiger partial charge in [0.2, 0.25) is 0 Å². The van der Waals surface area contributed by atoms with Gasteiger partial charge in [-0.25, -0.2) is 0 Å². The minimum absolute atomic E-state index is 0.0334. The van der Waals surface area contributed by atoms with E-state index in [-0.39, 0.29) is 5.97 Å². The molecule has 2 heteroatoms. The van der Waals surface area contributed by atoms with Crippen LogP contribution in [0.15, 0.2) is 0 Å². The van der Waals surface area contributed by atoms with E-state index in [1.54, 1.807) is 0 Å². The van der Waals surface area contributed by atoms with E-state index in [0.29, 0.717) is 18.9 Å². The summed E-state index contributed by atoms with van der Waals surface area (Å²) in [6, 6.07) is 0. The van der Waals surface area contributed by atoms with Crippen LogP contribution < -0.4 is 0 Å². The molecule has 0 amide bonds. The molecule has 0 spiro atoms. The molecule has 0 fully saturated rings. The second-order valence-corrected chi connectivity index (χ2v) is 7.06. The minimum Gasteiger partial charge on any atom is -0.466 e. The maximum atomic E-state index is 11.3. The zero-order chi connectivity index (χ0) is 16.5. The summed E-state index contributed by atoms with van der Waals surface area (Å²) in [6.07, 6.45) is 18.1. The van der Waals surface area contributed by atoms with E-state index < -0.39 is 0 Å². The Labute approximate surface area is 139 Å². The predicted molar refractivity (Wildman–Crippen MR) is 96.1 cm³/mol. The Morgan fingerprint density at radius 1 is 0.727 bits per heavy atom. The number of esters is 1. The van der Waals surface area contributed by atoms with Gasteiger partial charge >= 0.3 is 5.97 Å². The van der Waals surface area contributed by atoms with Gasteiger partial charge in [-0.15, -0.1) is 0 Å². The van der Waals surface area contributed by atoms with Gasteiger partial charge in [-0.3, -0.25) is 4.79 Å². The molecule has 0 aromatic carbocycles. The van der Waals surface area contributed by atoms with Crippen molar-refractivity contribution in [3.8, 4) is 0 Å². The van der Waals surface area contributed by atoms with E-state index in [2.05, 4.69) is 6.92 Å². The van der Waals surface area contributed by atoms with E-state index in [1.807, 2.05) is 13.8 Å². The number of hydrogen-bond donors (Lipinski definition) is 0. The van der Waals surface area contributed by atoms with Gasteiger partial charge in [-0.1, -0.05) is 97.8 Å². The summed E-state index contributed by atoms with van der Waals surface area (Å²) < 4.78 is 5.21. The first-order valence-corrected chi connectivity index (χ1v) is 9.82. The monoisotopic (exact) mass is 312 g/mol. The van der Waals surface area contributed by atoms with Crippen molar-refractivity contribution < 1.29 is 9.53 Å². The molecule has 0 aromatic rings. The summed E-state index contributed by atoms with van der Waals surface area (Å²) in [4.78, 5) is 11.3. The molecule has 0 radical (unpaired) electrons. The van der Waals surface area contributed by atoms with Gasteiger partial charge in [0, 0.05) is 6.42 Å². The topological polar surface area (TPSA) is 26.3 Å². The third-order valence-corrected chi connectivity index (χ3v) is 4.09. The number of ether oxygens (including phenoxy) is 1. The summed E-state index contributed by atoms with van der Waals surface area (Å²) in [5.41, 5.74) is 0. The Hall–Kier alpha value is -0.530. The minimum atomic E-state index is -0.0334. The summed E-state index contributed by atoms with van der Waals surface area (Å²) in [7, 11) is 0. The lowest BCUT2D eigenvalue weighted by atomic mass is 10.0. The fraction of sp³-hybridized carbons (Fsp3) is 0.950. The average Bonchev–Trinajstić information content (AvgIpc) is 2.47. The zero-order valence-corrected chi connectivity index (χ0v) is 15.5. The summed E-state index contributed by atoms with van der Waals surface area (Å²) in [5, 5.41) is 0. The maximum Gasteiger partial charge on any atom is 0.306 e. The molecular weight excluding hydrogens is 272 g/mol. The van der Waals surface area contributed by atoms with Crippen molar-refractivity contribution in [3.63, 3.8) is 0 Å². The van der Waals surface area contributed by atoms with Crippen molar-refractivity contribution in [2.45, 2.75) is 111 Å². The van der Waals surface area contributed by atoms with Gasteiger partial charge in [-0.2, -0.15) is 0 Å². The molecule has 0 saturated heterocycles. The predicted octanol–water partition coefficient (Wildman–Crippen LogP) is 6.67. The van der Waals surface area contributed by atoms with Crippen LogP contribution in [0.5, 0.6) is 0 Å². The van der Waals surface area contributed by atoms with Crippen molar-refractivity contribution in [1.29, 1.82) is 0 Å². The van der Waals surface area contributed by atoms with E-state index in [9.17, 15) is 4.79 Å². The van der Waals surface area contributed by atoms with Gasteiger partial charge < -0.3 is 4.74 Å². The Morgan fingerprint density at radius 3 is 1.55 bits per heavy atom. The maximum absolute atomic E-state index is 11.3. The second kappa shape index (κ2) is 16.8. The molecule has 0 bridgehead atoms. The third-order valence-electron chi connectivity index (χ3n) is 4.09. The lowest BCUT2D eigenvalue weighted by molar-refractivity contribution is -0.144. The number of carbonyl (C=O) groups excluding carboxylic acids is 1. The fourth-order valence-corrected chi connectivity index (χ4v) is 2.70. The van der Waals surface area contributed by atoms with Crippen LogP contribution in [0.2, 0.25) is 0 Å². The van der Waals surface area contributed by atoms with Crippen LogP contribution in [-0.2, 0) is 9.53 Å². The van der Waals surface area contributed by atoms with Crippen LogP contribution in [0, 0.1) is 5.92 Å². The van der Waals surface area contributed by atoms with Gasteiger partial charge in [-0.05, 0) is 12.3 Å². The highest BCUT2D eigenvalue weighted by molar-refractivity contribution is 5.69. The normalized spacial score (nSPS) is 11.1. The molecule has 0 aliphatic rings. The lowest BCUT2D eigenvalue weighted by Gasteiger charge is -2.06. The summed E-state index contributed by atoms with van der Waals surface area (Å²) in [5.74, 6) is 0.369. The largest absolute Gasteiger partial charge is 0.466 e. The smallest absolute Gasteiger partial charge is 0.306 e. The summed E-state index contributed by atoms with van der Waals surface area (Å²) >= 11 is 0. The second-order valence-electron chi connectivity index (χ2n) is 7.06. The first-order chi connectivity index (χ1) is 10.7. The summed E-state index contributed by atoms with van der Waals surface area (Å²) in [6.45, 7) is 6.98. The van der Waals surface area contributed by atoms with Crippen molar-refractivity contribution in [2.24, 2.45) is 5.92 Å². The lowest BCUT2D eigenvalue weighted by Crippen LogP contribution is -2.08. The van der Waals surface area contributed by atoms with E-state index >= 15 is 0 Å². The van der Waals surface area contributed by atoms with Gasteiger partial charge in [0.15, 0.2) is 0 Å². The average molecular weight is 313 g/mol. The standard InChI is InChI=1S/C20H40O2/c1-4-5-6-7-8-9-10-11-12-13-14-15-16-17-22-20(21)18-19(2)3/h19H,4-18H2,1-3H3. The van der Waals surface area contributed by atoms with Crippen LogP contribution in [0.3, 0.4) is 0 Å². The molecule has 0 aromatic heterocycles. The van der Waals surface area contributed by atoms with E-state index in [0.717, 1.165) is 6.42 Å². The molecule has 0 aliphatic heterocycles. The first-order valence-electron chi connectivity index (χ1n) is 9.82. The molecule has 0 aliphatic carbocycles. The molecule has 0 rings (SSSR count). The molecular formula is C20H40O2. The first kappa shape index (κ1) is 21.5. The number of rotatable bonds is 16. The number of hydrogen-bond acceptors (Lipinski definition) is 2. The van der Waals surface area contributed by atoms with Crippen molar-refractivity contribution in [2.75, 3.05) is 6.61 Å². The Kier molecular flexibility index (Phi) is 16.4. The molecule has 0 N–H and O–H groups in total. The molecule has 22 heavy (non-hydrogen) atoms. The van der Waals surface area contributed by atoms with Gasteiger partial charge in [0.1, 0.15) is 0 Å². The van der Waals surface area contributed by atoms with Crippen molar-refractivity contribution in [1.82, 2.24) is 0 Å². The van der Waals surface area contributed by atoms with E-state index in [4.69, 9.17) is 4.74 Å². The molecule has 2 nitrogen and oxygen atoms in total. The fourth-order valence-electron chi connectivity index (χ4n) is 2.70. The van der Waals surface area contributed by atoms with Crippen LogP contribution in [0.25, 0.3) is 0 Å². The Morgan fingerprint density at radius 2 is 1.14 bits per heavy atom.